The number of nitrogens with zero attached hydrogens (tertiary/aromatic N) is 3. The van der Waals surface area contributed by atoms with Crippen LogP contribution in [0.5, 0.6) is 0 Å². The first-order valence-electron chi connectivity index (χ1n) is 8.56. The van der Waals surface area contributed by atoms with E-state index in [0.717, 1.165) is 32.7 Å². The molecule has 0 bridgehead atoms. The zero-order chi connectivity index (χ0) is 18.8. The van der Waals surface area contributed by atoms with Crippen LogP contribution in [-0.2, 0) is 0 Å². The summed E-state index contributed by atoms with van der Waals surface area (Å²) < 4.78 is 1.96. The van der Waals surface area contributed by atoms with Crippen molar-refractivity contribution in [2.45, 2.75) is 13.8 Å². The Bertz CT molecular complexity index is 1130. The van der Waals surface area contributed by atoms with Crippen LogP contribution in [0.1, 0.15) is 26.5 Å². The van der Waals surface area contributed by atoms with E-state index in [-0.39, 0.29) is 5.91 Å². The van der Waals surface area contributed by atoms with Gasteiger partial charge in [0.05, 0.1) is 11.9 Å². The number of thiophene rings is 1. The largest absolute Gasteiger partial charge is 0.322 e. The van der Waals surface area contributed by atoms with Crippen LogP contribution in [0.25, 0.3) is 15.9 Å². The van der Waals surface area contributed by atoms with Crippen molar-refractivity contribution in [3.8, 4) is 5.69 Å². The number of aryl methyl sites for hydroxylation is 2. The Hall–Kier alpha value is -3.25. The van der Waals surface area contributed by atoms with Crippen molar-refractivity contribution in [1.29, 1.82) is 0 Å². The van der Waals surface area contributed by atoms with E-state index in [4.69, 9.17) is 0 Å². The fourth-order valence-electron chi connectivity index (χ4n) is 3.06. The number of pyridine rings is 1. The molecule has 134 valence electrons. The molecule has 0 unspecified atom stereocenters. The van der Waals surface area contributed by atoms with Crippen LogP contribution in [0.15, 0.2) is 66.0 Å². The fraction of sp³-hybridized carbons (Fsp3) is 0.0952. The van der Waals surface area contributed by atoms with E-state index in [1.54, 1.807) is 6.21 Å². The zero-order valence-corrected chi connectivity index (χ0v) is 15.8. The summed E-state index contributed by atoms with van der Waals surface area (Å²) in [4.78, 5) is 18.9. The average molecular weight is 374 g/mol. The highest BCUT2D eigenvalue weighted by Gasteiger charge is 2.21. The number of hydrogen-bond donors (Lipinski definition) is 1. The molecule has 0 saturated heterocycles. The first-order chi connectivity index (χ1) is 13.1. The SMILES string of the molecule is Cc1cc(C)c2c(-n3cccc3)c(C(=O)N/N=C/c3ccccc3)sc2n1. The monoisotopic (exact) mass is 374 g/mol. The van der Waals surface area contributed by atoms with Gasteiger partial charge in [0.1, 0.15) is 9.71 Å². The van der Waals surface area contributed by atoms with Crippen LogP contribution in [0.2, 0.25) is 0 Å². The highest BCUT2D eigenvalue weighted by Crippen LogP contribution is 2.35. The van der Waals surface area contributed by atoms with Crippen LogP contribution in [0.4, 0.5) is 0 Å². The Morgan fingerprint density at radius 2 is 1.89 bits per heavy atom. The van der Waals surface area contributed by atoms with E-state index in [1.807, 2.05) is 79.3 Å². The van der Waals surface area contributed by atoms with E-state index >= 15 is 0 Å². The van der Waals surface area contributed by atoms with Crippen molar-refractivity contribution >= 4 is 33.7 Å². The summed E-state index contributed by atoms with van der Waals surface area (Å²) in [6.07, 6.45) is 5.50. The maximum absolute atomic E-state index is 12.9. The molecule has 0 aliphatic heterocycles. The molecule has 1 amide bonds. The van der Waals surface area contributed by atoms with Crippen LogP contribution in [0.3, 0.4) is 0 Å². The summed E-state index contributed by atoms with van der Waals surface area (Å²) in [5, 5.41) is 5.10. The summed E-state index contributed by atoms with van der Waals surface area (Å²) >= 11 is 1.39. The Morgan fingerprint density at radius 3 is 2.63 bits per heavy atom. The molecule has 4 rings (SSSR count). The van der Waals surface area contributed by atoms with Crippen LogP contribution in [-0.4, -0.2) is 21.7 Å². The van der Waals surface area contributed by atoms with Crippen molar-refractivity contribution < 1.29 is 4.79 Å². The standard InChI is InChI=1S/C21H18N4OS/c1-14-12-15(2)23-21-17(14)18(25-10-6-7-11-25)19(27-21)20(26)24-22-13-16-8-4-3-5-9-16/h3-13H,1-2H3,(H,24,26)/b22-13+. The summed E-state index contributed by atoms with van der Waals surface area (Å²) in [7, 11) is 0. The van der Waals surface area contributed by atoms with Gasteiger partial charge in [-0.25, -0.2) is 10.4 Å². The van der Waals surface area contributed by atoms with Gasteiger partial charge in [0, 0.05) is 23.5 Å². The molecular weight excluding hydrogens is 356 g/mol. The Kier molecular flexibility index (Phi) is 4.56. The smallest absolute Gasteiger partial charge is 0.283 e. The van der Waals surface area contributed by atoms with E-state index in [9.17, 15) is 4.79 Å². The molecule has 6 heteroatoms. The fourth-order valence-corrected chi connectivity index (χ4v) is 4.25. The van der Waals surface area contributed by atoms with Gasteiger partial charge in [-0.1, -0.05) is 30.3 Å². The van der Waals surface area contributed by atoms with Gasteiger partial charge >= 0.3 is 0 Å². The van der Waals surface area contributed by atoms with Gasteiger partial charge in [-0.3, -0.25) is 4.79 Å². The predicted molar refractivity (Wildman–Crippen MR) is 110 cm³/mol. The Balaban J connectivity index is 1.74. The first kappa shape index (κ1) is 17.2. The number of rotatable bonds is 4. The third-order valence-electron chi connectivity index (χ3n) is 4.21. The second-order valence-electron chi connectivity index (χ2n) is 6.24. The molecule has 0 atom stereocenters. The minimum Gasteiger partial charge on any atom is -0.322 e. The molecule has 27 heavy (non-hydrogen) atoms. The molecule has 4 aromatic rings. The molecule has 1 aromatic carbocycles. The maximum atomic E-state index is 12.9. The van der Waals surface area contributed by atoms with Gasteiger partial charge in [-0.15, -0.1) is 11.3 Å². The van der Waals surface area contributed by atoms with E-state index in [2.05, 4.69) is 15.5 Å². The molecule has 0 aliphatic rings. The quantitative estimate of drug-likeness (QED) is 0.423. The second-order valence-corrected chi connectivity index (χ2v) is 7.24. The molecule has 0 radical (unpaired) electrons. The van der Waals surface area contributed by atoms with Crippen molar-refractivity contribution in [1.82, 2.24) is 15.0 Å². The van der Waals surface area contributed by atoms with Crippen molar-refractivity contribution in [2.24, 2.45) is 5.10 Å². The third kappa shape index (κ3) is 3.39. The number of carbonyl (C=O) groups excluding carboxylic acids is 1. The Morgan fingerprint density at radius 1 is 1.15 bits per heavy atom. The topological polar surface area (TPSA) is 59.3 Å². The highest BCUT2D eigenvalue weighted by atomic mass is 32.1. The van der Waals surface area contributed by atoms with Crippen LogP contribution >= 0.6 is 11.3 Å². The van der Waals surface area contributed by atoms with Crippen molar-refractivity contribution in [3.05, 3.63) is 82.6 Å². The summed E-state index contributed by atoms with van der Waals surface area (Å²) in [6.45, 7) is 4.01. The Labute approximate surface area is 161 Å². The van der Waals surface area contributed by atoms with Gasteiger partial charge in [0.2, 0.25) is 0 Å². The maximum Gasteiger partial charge on any atom is 0.283 e. The van der Waals surface area contributed by atoms with Crippen LogP contribution in [0, 0.1) is 13.8 Å². The number of aromatic nitrogens is 2. The lowest BCUT2D eigenvalue weighted by atomic mass is 10.1. The van der Waals surface area contributed by atoms with Gasteiger partial charge in [0.15, 0.2) is 0 Å². The number of nitrogens with one attached hydrogen (secondary N) is 1. The number of amides is 1. The molecule has 0 saturated carbocycles. The number of fused-ring (bicyclic) bond motifs is 1. The lowest BCUT2D eigenvalue weighted by molar-refractivity contribution is 0.0959. The first-order valence-corrected chi connectivity index (χ1v) is 9.37. The lowest BCUT2D eigenvalue weighted by Crippen LogP contribution is -2.18. The van der Waals surface area contributed by atoms with Gasteiger partial charge in [-0.2, -0.15) is 5.10 Å². The number of hydrazone groups is 1. The molecule has 0 aliphatic carbocycles. The molecular formula is C21H18N4OS. The third-order valence-corrected chi connectivity index (χ3v) is 5.28. The predicted octanol–water partition coefficient (Wildman–Crippen LogP) is 4.47. The summed E-state index contributed by atoms with van der Waals surface area (Å²) in [5.74, 6) is -0.245. The van der Waals surface area contributed by atoms with Gasteiger partial charge < -0.3 is 4.57 Å². The molecule has 5 nitrogen and oxygen atoms in total. The van der Waals surface area contributed by atoms with Gasteiger partial charge in [-0.05, 0) is 43.2 Å². The average Bonchev–Trinajstić information content (AvgIpc) is 3.29. The number of benzene rings is 1. The zero-order valence-electron chi connectivity index (χ0n) is 15.0. The summed E-state index contributed by atoms with van der Waals surface area (Å²) in [5.41, 5.74) is 6.45. The van der Waals surface area contributed by atoms with Gasteiger partial charge in [0.25, 0.3) is 5.91 Å². The van der Waals surface area contributed by atoms with E-state index in [0.29, 0.717) is 4.88 Å². The molecule has 3 heterocycles. The lowest BCUT2D eigenvalue weighted by Gasteiger charge is -2.07. The van der Waals surface area contributed by atoms with E-state index < -0.39 is 0 Å². The van der Waals surface area contributed by atoms with Crippen LogP contribution < -0.4 is 5.43 Å². The molecule has 1 N–H and O–H groups in total. The highest BCUT2D eigenvalue weighted by molar-refractivity contribution is 7.21. The normalized spacial score (nSPS) is 11.3. The van der Waals surface area contributed by atoms with E-state index in [1.165, 1.54) is 11.3 Å². The number of hydrogen-bond acceptors (Lipinski definition) is 4. The van der Waals surface area contributed by atoms with Crippen molar-refractivity contribution in [2.75, 3.05) is 0 Å². The minimum absolute atomic E-state index is 0.245. The minimum atomic E-state index is -0.245. The van der Waals surface area contributed by atoms with Crippen molar-refractivity contribution in [3.63, 3.8) is 0 Å². The number of carbonyl (C=O) groups is 1. The molecule has 0 fully saturated rings. The summed E-state index contributed by atoms with van der Waals surface area (Å²) in [6, 6.07) is 15.6. The molecule has 0 spiro atoms. The molecule has 3 aromatic heterocycles. The second kappa shape index (κ2) is 7.17.